The van der Waals surface area contributed by atoms with Crippen molar-refractivity contribution in [3.05, 3.63) is 29.8 Å². The Morgan fingerprint density at radius 1 is 1.12 bits per heavy atom. The van der Waals surface area contributed by atoms with Gasteiger partial charge >= 0.3 is 0 Å². The van der Waals surface area contributed by atoms with Crippen LogP contribution < -0.4 is 11.1 Å². The van der Waals surface area contributed by atoms with E-state index in [0.29, 0.717) is 22.5 Å². The Kier molecular flexibility index (Phi) is 6.64. The molecule has 1 saturated heterocycles. The molecule has 0 aromatic heterocycles. The Balaban J connectivity index is 0.00000182. The van der Waals surface area contributed by atoms with Crippen LogP contribution in [0.2, 0.25) is 0 Å². The van der Waals surface area contributed by atoms with Crippen LogP contribution in [-0.2, 0) is 4.79 Å². The SMILES string of the molecule is Cl.NC1C2CCCC1CC(C(=O)Nc1cccc(C3SCCS3)c1)C2. The van der Waals surface area contributed by atoms with Gasteiger partial charge in [0.05, 0.1) is 4.58 Å². The third-order valence-electron chi connectivity index (χ3n) is 5.83. The van der Waals surface area contributed by atoms with E-state index in [4.69, 9.17) is 5.73 Å². The van der Waals surface area contributed by atoms with Crippen molar-refractivity contribution in [2.45, 2.75) is 42.7 Å². The van der Waals surface area contributed by atoms with Gasteiger partial charge in [0, 0.05) is 29.2 Å². The lowest BCUT2D eigenvalue weighted by molar-refractivity contribution is -0.122. The zero-order chi connectivity index (χ0) is 16.5. The monoisotopic (exact) mass is 398 g/mol. The maximum atomic E-state index is 12.8. The van der Waals surface area contributed by atoms with Gasteiger partial charge in [-0.2, -0.15) is 0 Å². The van der Waals surface area contributed by atoms with Gasteiger partial charge in [0.25, 0.3) is 0 Å². The number of thioether (sulfide) groups is 2. The maximum absolute atomic E-state index is 12.8. The summed E-state index contributed by atoms with van der Waals surface area (Å²) < 4.78 is 0.522. The Hall–Kier alpha value is -0.360. The molecule has 4 rings (SSSR count). The second-order valence-corrected chi connectivity index (χ2v) is 10.1. The fourth-order valence-corrected chi connectivity index (χ4v) is 7.40. The van der Waals surface area contributed by atoms with Crippen LogP contribution in [-0.4, -0.2) is 23.5 Å². The molecule has 1 heterocycles. The van der Waals surface area contributed by atoms with Crippen LogP contribution in [0.1, 0.15) is 42.2 Å². The van der Waals surface area contributed by atoms with E-state index in [9.17, 15) is 4.79 Å². The summed E-state index contributed by atoms with van der Waals surface area (Å²) in [5.41, 5.74) is 8.62. The van der Waals surface area contributed by atoms with Gasteiger partial charge in [-0.3, -0.25) is 4.79 Å². The molecule has 2 unspecified atom stereocenters. The fraction of sp³-hybridized carbons (Fsp3) is 0.632. The smallest absolute Gasteiger partial charge is 0.227 e. The van der Waals surface area contributed by atoms with E-state index in [2.05, 4.69) is 23.5 Å². The summed E-state index contributed by atoms with van der Waals surface area (Å²) in [6, 6.07) is 8.73. The third kappa shape index (κ3) is 4.32. The number of hydrogen-bond acceptors (Lipinski definition) is 4. The minimum Gasteiger partial charge on any atom is -0.327 e. The normalized spacial score (nSPS) is 32.0. The Morgan fingerprint density at radius 3 is 2.48 bits per heavy atom. The number of halogens is 1. The van der Waals surface area contributed by atoms with E-state index in [0.717, 1.165) is 18.5 Å². The summed E-state index contributed by atoms with van der Waals surface area (Å²) in [4.78, 5) is 12.8. The molecule has 3 N–H and O–H groups in total. The van der Waals surface area contributed by atoms with Crippen molar-refractivity contribution in [1.29, 1.82) is 0 Å². The van der Waals surface area contributed by atoms with Crippen molar-refractivity contribution < 1.29 is 4.79 Å². The maximum Gasteiger partial charge on any atom is 0.227 e. The summed E-state index contributed by atoms with van der Waals surface area (Å²) in [6.07, 6.45) is 5.63. The number of nitrogens with one attached hydrogen (secondary N) is 1. The molecule has 1 aliphatic heterocycles. The first kappa shape index (κ1) is 19.4. The lowest BCUT2D eigenvalue weighted by Gasteiger charge is -2.43. The van der Waals surface area contributed by atoms with Crippen LogP contribution in [0.25, 0.3) is 0 Å². The van der Waals surface area contributed by atoms with Gasteiger partial charge in [-0.15, -0.1) is 35.9 Å². The van der Waals surface area contributed by atoms with Crippen LogP contribution in [0.3, 0.4) is 0 Å². The first-order chi connectivity index (χ1) is 11.7. The van der Waals surface area contributed by atoms with Gasteiger partial charge < -0.3 is 11.1 Å². The number of anilines is 1. The second kappa shape index (κ2) is 8.55. The van der Waals surface area contributed by atoms with Gasteiger partial charge in [-0.1, -0.05) is 18.6 Å². The van der Waals surface area contributed by atoms with Crippen molar-refractivity contribution in [2.24, 2.45) is 23.5 Å². The zero-order valence-corrected chi connectivity index (χ0v) is 16.8. The molecule has 25 heavy (non-hydrogen) atoms. The predicted octanol–water partition coefficient (Wildman–Crippen LogP) is 4.68. The minimum absolute atomic E-state index is 0. The molecule has 2 aliphatic carbocycles. The molecule has 1 aromatic rings. The van der Waals surface area contributed by atoms with Crippen LogP contribution >= 0.6 is 35.9 Å². The van der Waals surface area contributed by atoms with Crippen LogP contribution in [0.5, 0.6) is 0 Å². The van der Waals surface area contributed by atoms with Gasteiger partial charge in [0.1, 0.15) is 0 Å². The van der Waals surface area contributed by atoms with Crippen molar-refractivity contribution in [2.75, 3.05) is 16.8 Å². The van der Waals surface area contributed by atoms with Crippen LogP contribution in [0, 0.1) is 17.8 Å². The Labute approximate surface area is 165 Å². The van der Waals surface area contributed by atoms with Gasteiger partial charge in [0.15, 0.2) is 0 Å². The van der Waals surface area contributed by atoms with Crippen LogP contribution in [0.4, 0.5) is 5.69 Å². The van der Waals surface area contributed by atoms with Crippen molar-refractivity contribution >= 4 is 47.5 Å². The minimum atomic E-state index is 0. The molecular formula is C19H27ClN2OS2. The van der Waals surface area contributed by atoms with E-state index in [-0.39, 0.29) is 24.2 Å². The van der Waals surface area contributed by atoms with Crippen molar-refractivity contribution in [3.8, 4) is 0 Å². The number of fused-ring (bicyclic) bond motifs is 2. The molecule has 3 nitrogen and oxygen atoms in total. The third-order valence-corrected chi connectivity index (χ3v) is 8.94. The molecule has 0 radical (unpaired) electrons. The molecule has 3 fully saturated rings. The quantitative estimate of drug-likeness (QED) is 0.776. The number of hydrogen-bond donors (Lipinski definition) is 2. The van der Waals surface area contributed by atoms with E-state index in [1.807, 2.05) is 29.6 Å². The van der Waals surface area contributed by atoms with Crippen molar-refractivity contribution in [1.82, 2.24) is 0 Å². The highest BCUT2D eigenvalue weighted by molar-refractivity contribution is 8.19. The van der Waals surface area contributed by atoms with Gasteiger partial charge in [0.2, 0.25) is 5.91 Å². The molecule has 6 heteroatoms. The van der Waals surface area contributed by atoms with E-state index in [1.54, 1.807) is 0 Å². The van der Waals surface area contributed by atoms with E-state index < -0.39 is 0 Å². The summed E-state index contributed by atoms with van der Waals surface area (Å²) in [5, 5.41) is 3.18. The second-order valence-electron chi connectivity index (χ2n) is 7.38. The molecule has 2 saturated carbocycles. The molecule has 1 amide bonds. The van der Waals surface area contributed by atoms with Crippen molar-refractivity contribution in [3.63, 3.8) is 0 Å². The average Bonchev–Trinajstić information content (AvgIpc) is 3.09. The van der Waals surface area contributed by atoms with Gasteiger partial charge in [-0.25, -0.2) is 0 Å². The largest absolute Gasteiger partial charge is 0.327 e. The summed E-state index contributed by atoms with van der Waals surface area (Å²) in [6.45, 7) is 0. The zero-order valence-electron chi connectivity index (χ0n) is 14.4. The summed E-state index contributed by atoms with van der Waals surface area (Å²) in [5.74, 6) is 3.87. The molecule has 2 bridgehead atoms. The number of carbonyl (C=O) groups is 1. The molecule has 3 aliphatic rings. The molecular weight excluding hydrogens is 372 g/mol. The predicted molar refractivity (Wildman–Crippen MR) is 112 cm³/mol. The summed E-state index contributed by atoms with van der Waals surface area (Å²) >= 11 is 4.00. The van der Waals surface area contributed by atoms with Gasteiger partial charge in [-0.05, 0) is 55.2 Å². The van der Waals surface area contributed by atoms with E-state index in [1.165, 1.54) is 36.3 Å². The topological polar surface area (TPSA) is 55.1 Å². The lowest BCUT2D eigenvalue weighted by Crippen LogP contribution is -2.48. The highest BCUT2D eigenvalue weighted by atomic mass is 35.5. The highest BCUT2D eigenvalue weighted by Crippen LogP contribution is 2.46. The highest BCUT2D eigenvalue weighted by Gasteiger charge is 2.40. The number of nitrogens with two attached hydrogens (primary N) is 1. The molecule has 138 valence electrons. The molecule has 1 aromatic carbocycles. The number of amides is 1. The summed E-state index contributed by atoms with van der Waals surface area (Å²) in [7, 11) is 0. The average molecular weight is 399 g/mol. The van der Waals surface area contributed by atoms with E-state index >= 15 is 0 Å². The number of carbonyl (C=O) groups excluding carboxylic acids is 1. The standard InChI is InChI=1S/C19H26N2OS2.ClH/c20-17-12-3-1-4-13(17)10-15(9-12)18(22)21-16-6-2-5-14(11-16)19-23-7-8-24-19;/h2,5-6,11-13,15,17,19H,1,3-4,7-10,20H2,(H,21,22);1H. The first-order valence-electron chi connectivity index (χ1n) is 9.10. The molecule has 0 spiro atoms. The fourth-order valence-electron chi connectivity index (χ4n) is 4.56. The lowest BCUT2D eigenvalue weighted by atomic mass is 9.65. The Morgan fingerprint density at radius 2 is 1.80 bits per heavy atom. The number of rotatable bonds is 3. The Bertz CT molecular complexity index is 595. The molecule has 2 atom stereocenters. The number of benzene rings is 1. The van der Waals surface area contributed by atoms with Crippen LogP contribution in [0.15, 0.2) is 24.3 Å². The first-order valence-corrected chi connectivity index (χ1v) is 11.2.